The molecule has 0 amide bonds. The van der Waals surface area contributed by atoms with Crippen LogP contribution in [-0.2, 0) is 0 Å². The van der Waals surface area contributed by atoms with Crippen molar-refractivity contribution < 1.29 is 4.92 Å². The lowest BCUT2D eigenvalue weighted by Gasteiger charge is -2.32. The molecule has 110 valence electrons. The van der Waals surface area contributed by atoms with Crippen LogP contribution >= 0.6 is 0 Å². The van der Waals surface area contributed by atoms with E-state index in [1.165, 1.54) is 12.3 Å². The van der Waals surface area contributed by atoms with Crippen molar-refractivity contribution in [3.8, 4) is 0 Å². The maximum Gasteiger partial charge on any atom is 0.340 e. The van der Waals surface area contributed by atoms with Crippen LogP contribution in [0.3, 0.4) is 0 Å². The van der Waals surface area contributed by atoms with Gasteiger partial charge in [-0.3, -0.25) is 15.1 Å². The fraction of sp³-hybridized carbons (Fsp3) is 0.417. The summed E-state index contributed by atoms with van der Waals surface area (Å²) < 4.78 is 0. The third kappa shape index (κ3) is 2.76. The molecule has 0 aliphatic carbocycles. The first kappa shape index (κ1) is 13.3. The maximum atomic E-state index is 11.1. The van der Waals surface area contributed by atoms with Gasteiger partial charge >= 0.3 is 5.69 Å². The van der Waals surface area contributed by atoms with Gasteiger partial charge in [-0.05, 0) is 18.9 Å². The minimum atomic E-state index is -0.468. The minimum absolute atomic E-state index is 0.0241. The molecule has 9 heteroatoms. The van der Waals surface area contributed by atoms with Gasteiger partial charge in [0, 0.05) is 25.1 Å². The number of nitrogens with one attached hydrogen (secondary N) is 2. The van der Waals surface area contributed by atoms with Gasteiger partial charge in [0.15, 0.2) is 0 Å². The number of piperidine rings is 1. The molecule has 1 fully saturated rings. The van der Waals surface area contributed by atoms with Crippen LogP contribution in [-0.4, -0.2) is 38.2 Å². The van der Waals surface area contributed by atoms with E-state index >= 15 is 0 Å². The van der Waals surface area contributed by atoms with Gasteiger partial charge in [-0.15, -0.1) is 0 Å². The van der Waals surface area contributed by atoms with Gasteiger partial charge in [0.25, 0.3) is 5.69 Å². The quantitative estimate of drug-likeness (QED) is 0.636. The molecule has 1 saturated heterocycles. The standard InChI is InChI=1S/C12H14N6O3/c19-12-14-11(15-16-12)8-2-1-5-17(7-8)10-4-3-9(6-13-10)18(20)21/h3-4,6,8H,1-2,5,7H2,(H2,14,15,16,19)/t8-/m1/s1. The Hall–Kier alpha value is -2.71. The first-order valence-corrected chi connectivity index (χ1v) is 6.63. The van der Waals surface area contributed by atoms with Crippen LogP contribution in [0, 0.1) is 10.1 Å². The van der Waals surface area contributed by atoms with Gasteiger partial charge < -0.3 is 4.90 Å². The number of aromatic nitrogens is 4. The number of hydrogen-bond donors (Lipinski definition) is 2. The first-order valence-electron chi connectivity index (χ1n) is 6.63. The number of hydrogen-bond acceptors (Lipinski definition) is 6. The Morgan fingerprint density at radius 1 is 1.43 bits per heavy atom. The van der Waals surface area contributed by atoms with Crippen molar-refractivity contribution >= 4 is 11.5 Å². The van der Waals surface area contributed by atoms with Crippen LogP contribution in [0.2, 0.25) is 0 Å². The van der Waals surface area contributed by atoms with Crippen molar-refractivity contribution in [2.24, 2.45) is 0 Å². The van der Waals surface area contributed by atoms with E-state index in [2.05, 4.69) is 20.2 Å². The van der Waals surface area contributed by atoms with E-state index in [1.807, 2.05) is 4.90 Å². The average molecular weight is 290 g/mol. The average Bonchev–Trinajstić information content (AvgIpc) is 2.94. The first-order chi connectivity index (χ1) is 10.1. The monoisotopic (exact) mass is 290 g/mol. The molecule has 0 saturated carbocycles. The van der Waals surface area contributed by atoms with E-state index in [0.29, 0.717) is 18.2 Å². The molecule has 1 aliphatic rings. The van der Waals surface area contributed by atoms with E-state index in [1.54, 1.807) is 6.07 Å². The predicted molar refractivity (Wildman–Crippen MR) is 74.3 cm³/mol. The van der Waals surface area contributed by atoms with Gasteiger partial charge in [-0.2, -0.15) is 5.10 Å². The molecular formula is C12H14N6O3. The number of anilines is 1. The molecule has 2 N–H and O–H groups in total. The van der Waals surface area contributed by atoms with Crippen LogP contribution < -0.4 is 10.6 Å². The summed E-state index contributed by atoms with van der Waals surface area (Å²) in [4.78, 5) is 30.2. The number of nitro groups is 1. The maximum absolute atomic E-state index is 11.1. The Morgan fingerprint density at radius 3 is 2.90 bits per heavy atom. The summed E-state index contributed by atoms with van der Waals surface area (Å²) in [6.45, 7) is 1.50. The summed E-state index contributed by atoms with van der Waals surface area (Å²) in [6, 6.07) is 3.09. The van der Waals surface area contributed by atoms with Gasteiger partial charge in [-0.25, -0.2) is 14.9 Å². The lowest BCUT2D eigenvalue weighted by atomic mass is 9.97. The number of H-pyrrole nitrogens is 2. The summed E-state index contributed by atoms with van der Waals surface area (Å²) in [5.74, 6) is 1.46. The third-order valence-corrected chi connectivity index (χ3v) is 3.59. The number of pyridine rings is 1. The Balaban J connectivity index is 1.76. The van der Waals surface area contributed by atoms with Gasteiger partial charge in [0.1, 0.15) is 17.8 Å². The summed E-state index contributed by atoms with van der Waals surface area (Å²) in [6.07, 6.45) is 3.14. The molecule has 21 heavy (non-hydrogen) atoms. The lowest BCUT2D eigenvalue weighted by molar-refractivity contribution is -0.385. The lowest BCUT2D eigenvalue weighted by Crippen LogP contribution is -2.35. The van der Waals surface area contributed by atoms with Crippen molar-refractivity contribution in [3.05, 3.63) is 44.8 Å². The van der Waals surface area contributed by atoms with Crippen molar-refractivity contribution in [1.29, 1.82) is 0 Å². The van der Waals surface area contributed by atoms with E-state index < -0.39 is 4.92 Å². The zero-order valence-electron chi connectivity index (χ0n) is 11.2. The molecule has 3 heterocycles. The topological polar surface area (TPSA) is 121 Å². The summed E-state index contributed by atoms with van der Waals surface area (Å²) >= 11 is 0. The third-order valence-electron chi connectivity index (χ3n) is 3.59. The van der Waals surface area contributed by atoms with Crippen molar-refractivity contribution in [1.82, 2.24) is 20.2 Å². The largest absolute Gasteiger partial charge is 0.356 e. The van der Waals surface area contributed by atoms with E-state index in [0.717, 1.165) is 19.4 Å². The van der Waals surface area contributed by atoms with Crippen molar-refractivity contribution in [2.75, 3.05) is 18.0 Å². The van der Waals surface area contributed by atoms with E-state index in [9.17, 15) is 14.9 Å². The Labute approximate surface area is 119 Å². The molecule has 3 rings (SSSR count). The fourth-order valence-electron chi connectivity index (χ4n) is 2.56. The SMILES string of the molecule is O=c1[nH]nc([C@@H]2CCCN(c3ccc([N+](=O)[O-])cn3)C2)[nH]1. The van der Waals surface area contributed by atoms with Crippen LogP contribution in [0.5, 0.6) is 0 Å². The summed E-state index contributed by atoms with van der Waals surface area (Å²) in [5.41, 5.74) is -0.334. The van der Waals surface area contributed by atoms with Crippen LogP contribution in [0.25, 0.3) is 0 Å². The summed E-state index contributed by atoms with van der Waals surface area (Å²) in [5, 5.41) is 17.0. The molecule has 0 bridgehead atoms. The highest BCUT2D eigenvalue weighted by molar-refractivity contribution is 5.43. The molecule has 2 aromatic heterocycles. The summed E-state index contributed by atoms with van der Waals surface area (Å²) in [7, 11) is 0. The zero-order chi connectivity index (χ0) is 14.8. The molecule has 0 radical (unpaired) electrons. The zero-order valence-corrected chi connectivity index (χ0v) is 11.2. The molecule has 0 spiro atoms. The second-order valence-electron chi connectivity index (χ2n) is 4.98. The molecule has 0 unspecified atom stereocenters. The second-order valence-corrected chi connectivity index (χ2v) is 4.98. The highest BCUT2D eigenvalue weighted by Gasteiger charge is 2.24. The molecular weight excluding hydrogens is 276 g/mol. The Bertz CT molecular complexity index is 692. The fourth-order valence-corrected chi connectivity index (χ4v) is 2.56. The smallest absolute Gasteiger partial charge is 0.340 e. The van der Waals surface area contributed by atoms with Crippen LogP contribution in [0.1, 0.15) is 24.6 Å². The van der Waals surface area contributed by atoms with E-state index in [4.69, 9.17) is 0 Å². The highest BCUT2D eigenvalue weighted by Crippen LogP contribution is 2.27. The molecule has 0 aromatic carbocycles. The molecule has 2 aromatic rings. The van der Waals surface area contributed by atoms with Crippen LogP contribution in [0.4, 0.5) is 11.5 Å². The Morgan fingerprint density at radius 2 is 2.29 bits per heavy atom. The van der Waals surface area contributed by atoms with E-state index in [-0.39, 0.29) is 17.3 Å². The molecule has 1 aliphatic heterocycles. The molecule has 9 nitrogen and oxygen atoms in total. The van der Waals surface area contributed by atoms with Gasteiger partial charge in [0.05, 0.1) is 4.92 Å². The van der Waals surface area contributed by atoms with Gasteiger partial charge in [0.2, 0.25) is 0 Å². The highest BCUT2D eigenvalue weighted by atomic mass is 16.6. The van der Waals surface area contributed by atoms with Gasteiger partial charge in [-0.1, -0.05) is 0 Å². The number of rotatable bonds is 3. The van der Waals surface area contributed by atoms with Crippen molar-refractivity contribution in [2.45, 2.75) is 18.8 Å². The van der Waals surface area contributed by atoms with Crippen molar-refractivity contribution in [3.63, 3.8) is 0 Å². The number of aromatic amines is 2. The minimum Gasteiger partial charge on any atom is -0.356 e. The van der Waals surface area contributed by atoms with Crippen LogP contribution in [0.15, 0.2) is 23.1 Å². The predicted octanol–water partition coefficient (Wildman–Crippen LogP) is 0.785. The second kappa shape index (κ2) is 5.35. The Kier molecular flexibility index (Phi) is 3.38. The number of nitrogens with zero attached hydrogens (tertiary/aromatic N) is 4. The molecule has 1 atom stereocenters. The normalized spacial score (nSPS) is 18.7.